The van der Waals surface area contributed by atoms with Crippen LogP contribution in [0.15, 0.2) is 83.6 Å². The highest BCUT2D eigenvalue weighted by atomic mass is 32.1. The molecule has 5 rings (SSSR count). The predicted octanol–water partition coefficient (Wildman–Crippen LogP) is 8.53. The van der Waals surface area contributed by atoms with Gasteiger partial charge in [-0.1, -0.05) is 66.7 Å². The fourth-order valence-electron chi connectivity index (χ4n) is 3.24. The van der Waals surface area contributed by atoms with E-state index in [-0.39, 0.29) is 0 Å². The first-order valence-corrected chi connectivity index (χ1v) is 11.3. The number of fused-ring (bicyclic) bond motifs is 1. The van der Waals surface area contributed by atoms with E-state index in [0.717, 1.165) is 0 Å². The van der Waals surface area contributed by atoms with Crippen LogP contribution in [0.25, 0.3) is 42.4 Å². The van der Waals surface area contributed by atoms with Crippen molar-refractivity contribution in [1.29, 1.82) is 0 Å². The van der Waals surface area contributed by atoms with Gasteiger partial charge in [0.2, 0.25) is 0 Å². The minimum Gasteiger partial charge on any atom is -0.143 e. The van der Waals surface area contributed by atoms with Crippen molar-refractivity contribution in [3.8, 4) is 19.5 Å². The van der Waals surface area contributed by atoms with Gasteiger partial charge in [0.15, 0.2) is 0 Å². The highest BCUT2D eigenvalue weighted by Crippen LogP contribution is 2.42. The van der Waals surface area contributed by atoms with Crippen LogP contribution in [0, 0.1) is 0 Å². The first kappa shape index (κ1) is 16.7. The molecule has 0 bridgehead atoms. The Morgan fingerprint density at radius 3 is 2.15 bits per heavy atom. The lowest BCUT2D eigenvalue weighted by molar-refractivity contribution is 1.71. The van der Waals surface area contributed by atoms with E-state index in [2.05, 4.69) is 95.7 Å². The molecule has 0 aliphatic rings. The van der Waals surface area contributed by atoms with Gasteiger partial charge in [0.1, 0.15) is 0 Å². The van der Waals surface area contributed by atoms with Crippen LogP contribution in [0.5, 0.6) is 0 Å². The summed E-state index contributed by atoms with van der Waals surface area (Å²) in [5, 5.41) is 6.87. The molecule has 0 saturated heterocycles. The molecule has 2 aromatic carbocycles. The van der Waals surface area contributed by atoms with Crippen molar-refractivity contribution in [3.63, 3.8) is 0 Å². The maximum Gasteiger partial charge on any atom is 0.0521 e. The van der Waals surface area contributed by atoms with Crippen LogP contribution in [-0.4, -0.2) is 0 Å². The maximum atomic E-state index is 2.33. The van der Waals surface area contributed by atoms with E-state index in [1.54, 1.807) is 22.7 Å². The lowest BCUT2D eigenvalue weighted by Crippen LogP contribution is -1.77. The van der Waals surface area contributed by atoms with E-state index in [1.165, 1.54) is 41.4 Å². The van der Waals surface area contributed by atoms with Crippen molar-refractivity contribution in [2.45, 2.75) is 0 Å². The van der Waals surface area contributed by atoms with Gasteiger partial charge in [0.25, 0.3) is 0 Å². The lowest BCUT2D eigenvalue weighted by atomic mass is 10.0. The molecule has 0 aliphatic carbocycles. The van der Waals surface area contributed by atoms with Crippen LogP contribution in [-0.2, 0) is 0 Å². The Morgan fingerprint density at radius 2 is 1.33 bits per heavy atom. The Hall–Kier alpha value is -2.46. The zero-order chi connectivity index (χ0) is 18.1. The molecule has 130 valence electrons. The maximum absolute atomic E-state index is 2.33. The summed E-state index contributed by atoms with van der Waals surface area (Å²) in [4.78, 5) is 5.36. The minimum absolute atomic E-state index is 1.26. The zero-order valence-electron chi connectivity index (χ0n) is 14.5. The average Bonchev–Trinajstić information content (AvgIpc) is 3.47. The smallest absolute Gasteiger partial charge is 0.0521 e. The van der Waals surface area contributed by atoms with Gasteiger partial charge < -0.3 is 0 Å². The Bertz CT molecular complexity index is 1200. The van der Waals surface area contributed by atoms with Crippen molar-refractivity contribution >= 4 is 56.9 Å². The Morgan fingerprint density at radius 1 is 0.593 bits per heavy atom. The van der Waals surface area contributed by atoms with Gasteiger partial charge in [-0.05, 0) is 50.9 Å². The Balaban J connectivity index is 1.61. The van der Waals surface area contributed by atoms with Gasteiger partial charge in [-0.25, -0.2) is 0 Å². The largest absolute Gasteiger partial charge is 0.143 e. The molecule has 0 saturated carbocycles. The summed E-state index contributed by atoms with van der Waals surface area (Å²) in [7, 11) is 0. The van der Waals surface area contributed by atoms with E-state index in [9.17, 15) is 0 Å². The number of hydrogen-bond acceptors (Lipinski definition) is 3. The molecule has 3 heteroatoms. The molecule has 0 aliphatic heterocycles. The van der Waals surface area contributed by atoms with E-state index < -0.39 is 0 Å². The average molecular weight is 401 g/mol. The van der Waals surface area contributed by atoms with Crippen LogP contribution in [0.1, 0.15) is 11.1 Å². The van der Waals surface area contributed by atoms with Gasteiger partial charge in [0.05, 0.1) is 4.88 Å². The molecule has 27 heavy (non-hydrogen) atoms. The summed E-state index contributed by atoms with van der Waals surface area (Å²) in [6, 6.07) is 26.0. The molecule has 0 unspecified atom stereocenters. The van der Waals surface area contributed by atoms with Gasteiger partial charge in [0, 0.05) is 14.6 Å². The molecular weight excluding hydrogens is 384 g/mol. The molecule has 3 aromatic heterocycles. The SMILES string of the molecule is C(=C\c1cccc2ccccc12)/c1cc(-c2cccs2)sc1-c1cccs1. The second kappa shape index (κ2) is 7.28. The third kappa shape index (κ3) is 3.30. The summed E-state index contributed by atoms with van der Waals surface area (Å²) in [6.45, 7) is 0. The predicted molar refractivity (Wildman–Crippen MR) is 124 cm³/mol. The summed E-state index contributed by atoms with van der Waals surface area (Å²) in [5.41, 5.74) is 2.55. The van der Waals surface area contributed by atoms with E-state index in [1.807, 2.05) is 11.3 Å². The van der Waals surface area contributed by atoms with Crippen LogP contribution in [0.4, 0.5) is 0 Å². The molecule has 0 atom stereocenters. The molecule has 0 spiro atoms. The van der Waals surface area contributed by atoms with E-state index >= 15 is 0 Å². The molecule has 3 heterocycles. The third-order valence-corrected chi connectivity index (χ3v) is 7.80. The number of benzene rings is 2. The van der Waals surface area contributed by atoms with Crippen LogP contribution >= 0.6 is 34.0 Å². The number of hydrogen-bond donors (Lipinski definition) is 0. The standard InChI is InChI=1S/C24H16S3/c1-2-9-20-17(6-1)7-3-8-18(20)12-13-19-16-23(21-10-4-14-25-21)27-24(19)22-11-5-15-26-22/h1-16H/b13-12+. The highest BCUT2D eigenvalue weighted by molar-refractivity contribution is 7.26. The molecule has 0 nitrogen and oxygen atoms in total. The van der Waals surface area contributed by atoms with E-state index in [0.29, 0.717) is 0 Å². The van der Waals surface area contributed by atoms with Gasteiger partial charge in [-0.15, -0.1) is 34.0 Å². The molecule has 0 radical (unpaired) electrons. The number of thiophene rings is 3. The second-order valence-corrected chi connectivity index (χ2v) is 9.20. The Labute approximate surface area is 170 Å². The normalized spacial score (nSPS) is 11.6. The molecular formula is C24H16S3. The highest BCUT2D eigenvalue weighted by Gasteiger charge is 2.12. The topological polar surface area (TPSA) is 0 Å². The fourth-order valence-corrected chi connectivity index (χ4v) is 6.09. The van der Waals surface area contributed by atoms with Crippen molar-refractivity contribution in [3.05, 3.63) is 94.7 Å². The van der Waals surface area contributed by atoms with Gasteiger partial charge >= 0.3 is 0 Å². The van der Waals surface area contributed by atoms with E-state index in [4.69, 9.17) is 0 Å². The monoisotopic (exact) mass is 400 g/mol. The third-order valence-electron chi connectivity index (χ3n) is 4.54. The van der Waals surface area contributed by atoms with Gasteiger partial charge in [-0.3, -0.25) is 0 Å². The first-order chi connectivity index (χ1) is 13.4. The molecule has 0 N–H and O–H groups in total. The Kier molecular flexibility index (Phi) is 4.50. The van der Waals surface area contributed by atoms with Gasteiger partial charge in [-0.2, -0.15) is 0 Å². The van der Waals surface area contributed by atoms with Crippen LogP contribution in [0.3, 0.4) is 0 Å². The second-order valence-electron chi connectivity index (χ2n) is 6.25. The fraction of sp³-hybridized carbons (Fsp3) is 0. The lowest BCUT2D eigenvalue weighted by Gasteiger charge is -2.02. The van der Waals surface area contributed by atoms with Crippen molar-refractivity contribution in [2.24, 2.45) is 0 Å². The minimum atomic E-state index is 1.26. The molecule has 0 fully saturated rings. The van der Waals surface area contributed by atoms with Crippen molar-refractivity contribution in [1.82, 2.24) is 0 Å². The quantitative estimate of drug-likeness (QED) is 0.283. The van der Waals surface area contributed by atoms with Crippen LogP contribution < -0.4 is 0 Å². The molecule has 5 aromatic rings. The first-order valence-electron chi connectivity index (χ1n) is 8.76. The van der Waals surface area contributed by atoms with Crippen molar-refractivity contribution in [2.75, 3.05) is 0 Å². The zero-order valence-corrected chi connectivity index (χ0v) is 16.9. The van der Waals surface area contributed by atoms with Crippen molar-refractivity contribution < 1.29 is 0 Å². The summed E-state index contributed by atoms with van der Waals surface area (Å²) >= 11 is 5.49. The summed E-state index contributed by atoms with van der Waals surface area (Å²) < 4.78 is 0. The number of rotatable bonds is 4. The summed E-state index contributed by atoms with van der Waals surface area (Å²) in [5.74, 6) is 0. The molecule has 0 amide bonds. The van der Waals surface area contributed by atoms with Crippen LogP contribution in [0.2, 0.25) is 0 Å². The summed E-state index contributed by atoms with van der Waals surface area (Å²) in [6.07, 6.45) is 4.52.